The number of ether oxygens (including phenoxy) is 3. The summed E-state index contributed by atoms with van der Waals surface area (Å²) in [5.74, 6) is 0.157. The molecule has 26 heavy (non-hydrogen) atoms. The van der Waals surface area contributed by atoms with Crippen LogP contribution in [-0.4, -0.2) is 48.0 Å². The first-order valence-electron chi connectivity index (χ1n) is 8.69. The third-order valence-electron chi connectivity index (χ3n) is 5.13. The fourth-order valence-electron chi connectivity index (χ4n) is 3.78. The first kappa shape index (κ1) is 16.9. The van der Waals surface area contributed by atoms with Crippen LogP contribution in [0.25, 0.3) is 0 Å². The monoisotopic (exact) mass is 359 g/mol. The number of hydrogen-bond acceptors (Lipinski definition) is 6. The Labute approximate surface area is 151 Å². The predicted molar refractivity (Wildman–Crippen MR) is 90.2 cm³/mol. The molecule has 3 heterocycles. The summed E-state index contributed by atoms with van der Waals surface area (Å²) in [5, 5.41) is 0. The van der Waals surface area contributed by atoms with E-state index in [4.69, 9.17) is 14.2 Å². The van der Waals surface area contributed by atoms with Gasteiger partial charge in [-0.3, -0.25) is 4.79 Å². The topological polar surface area (TPSA) is 82.1 Å². The summed E-state index contributed by atoms with van der Waals surface area (Å²) in [7, 11) is 0. The van der Waals surface area contributed by atoms with Gasteiger partial charge in [0.05, 0.1) is 17.5 Å². The molecule has 0 aliphatic carbocycles. The Hall–Kier alpha value is -2.57. The molecule has 7 nitrogen and oxygen atoms in total. The molecule has 0 saturated carbocycles. The Balaban J connectivity index is 1.59. The second-order valence-corrected chi connectivity index (χ2v) is 7.99. The van der Waals surface area contributed by atoms with E-state index in [0.29, 0.717) is 29.8 Å². The van der Waals surface area contributed by atoms with Crippen molar-refractivity contribution >= 4 is 17.8 Å². The summed E-state index contributed by atoms with van der Waals surface area (Å²) in [5.41, 5.74) is 0.634. The van der Waals surface area contributed by atoms with E-state index < -0.39 is 17.1 Å². The van der Waals surface area contributed by atoms with Gasteiger partial charge in [0.15, 0.2) is 5.78 Å². The number of likely N-dealkylation sites (tertiary alicyclic amines) is 1. The molecule has 0 N–H and O–H groups in total. The molecule has 1 aromatic carbocycles. The van der Waals surface area contributed by atoms with Crippen molar-refractivity contribution in [1.82, 2.24) is 4.90 Å². The Morgan fingerprint density at radius 2 is 2.00 bits per heavy atom. The van der Waals surface area contributed by atoms with E-state index in [0.717, 1.165) is 5.56 Å². The van der Waals surface area contributed by atoms with Gasteiger partial charge in [-0.1, -0.05) is 6.07 Å². The third-order valence-corrected chi connectivity index (χ3v) is 5.13. The summed E-state index contributed by atoms with van der Waals surface area (Å²) >= 11 is 0. The van der Waals surface area contributed by atoms with Crippen LogP contribution >= 0.6 is 0 Å². The summed E-state index contributed by atoms with van der Waals surface area (Å²) in [6, 6.07) is 3.49. The smallest absolute Gasteiger partial charge is 0.410 e. The highest BCUT2D eigenvalue weighted by atomic mass is 16.6. The molecule has 1 saturated heterocycles. The minimum atomic E-state index is -0.769. The second-order valence-electron chi connectivity index (χ2n) is 7.99. The minimum absolute atomic E-state index is 0.00969. The first-order chi connectivity index (χ1) is 12.2. The molecule has 1 fully saturated rings. The van der Waals surface area contributed by atoms with Crippen molar-refractivity contribution in [3.63, 3.8) is 0 Å². The normalized spacial score (nSPS) is 24.2. The number of fused-ring (bicyclic) bond motifs is 4. The molecular weight excluding hydrogens is 338 g/mol. The molecule has 1 spiro atoms. The zero-order valence-electron chi connectivity index (χ0n) is 15.1. The Bertz CT molecular complexity index is 824. The van der Waals surface area contributed by atoms with Gasteiger partial charge in [0.1, 0.15) is 24.6 Å². The average Bonchev–Trinajstić information content (AvgIpc) is 3.11. The molecule has 4 rings (SSSR count). The van der Waals surface area contributed by atoms with Gasteiger partial charge in [-0.2, -0.15) is 0 Å². The lowest BCUT2D eigenvalue weighted by atomic mass is 9.73. The summed E-state index contributed by atoms with van der Waals surface area (Å²) in [6.45, 7) is 6.19. The van der Waals surface area contributed by atoms with Crippen molar-refractivity contribution in [3.8, 4) is 5.75 Å². The number of amides is 1. The molecule has 3 aliphatic heterocycles. The molecular formula is C19H21NO6. The van der Waals surface area contributed by atoms with Crippen LogP contribution < -0.4 is 4.74 Å². The number of hydrogen-bond donors (Lipinski definition) is 0. The van der Waals surface area contributed by atoms with Crippen LogP contribution in [0.4, 0.5) is 4.79 Å². The SMILES string of the molecule is CC(C)(C)OC(=O)N1CCC2(COc3c2ccc2c3COC2=O)C(=O)C1. The summed E-state index contributed by atoms with van der Waals surface area (Å²) in [6.07, 6.45) is -0.0149. The lowest BCUT2D eigenvalue weighted by Gasteiger charge is -2.37. The van der Waals surface area contributed by atoms with Crippen molar-refractivity contribution in [3.05, 3.63) is 28.8 Å². The number of nitrogens with zero attached hydrogens (tertiary/aromatic N) is 1. The van der Waals surface area contributed by atoms with Crippen LogP contribution in [0.1, 0.15) is 48.7 Å². The molecule has 1 aromatic rings. The quantitative estimate of drug-likeness (QED) is 0.661. The molecule has 3 aliphatic rings. The number of rotatable bonds is 0. The fourth-order valence-corrected chi connectivity index (χ4v) is 3.78. The zero-order chi connectivity index (χ0) is 18.7. The molecule has 0 radical (unpaired) electrons. The molecule has 138 valence electrons. The number of esters is 1. The molecule has 0 bridgehead atoms. The number of carbonyl (C=O) groups excluding carboxylic acids is 3. The molecule has 1 unspecified atom stereocenters. The van der Waals surface area contributed by atoms with Crippen molar-refractivity contribution in [2.75, 3.05) is 19.7 Å². The van der Waals surface area contributed by atoms with Gasteiger partial charge in [-0.25, -0.2) is 9.59 Å². The fraction of sp³-hybridized carbons (Fsp3) is 0.526. The van der Waals surface area contributed by atoms with Gasteiger partial charge < -0.3 is 19.1 Å². The standard InChI is InChI=1S/C19H21NO6/c1-18(2,3)26-17(23)20-7-6-19(14(21)8-20)10-25-15-12-9-24-16(22)11(12)4-5-13(15)19/h4-5H,6-10H2,1-3H3. The highest BCUT2D eigenvalue weighted by molar-refractivity contribution is 5.98. The minimum Gasteiger partial charge on any atom is -0.491 e. The van der Waals surface area contributed by atoms with Crippen molar-refractivity contribution in [2.45, 2.75) is 44.8 Å². The van der Waals surface area contributed by atoms with Crippen LogP contribution in [-0.2, 0) is 26.3 Å². The molecule has 1 atom stereocenters. The number of ketones is 1. The van der Waals surface area contributed by atoms with Crippen molar-refractivity contribution < 1.29 is 28.6 Å². The van der Waals surface area contributed by atoms with E-state index >= 15 is 0 Å². The van der Waals surface area contributed by atoms with Crippen LogP contribution in [0.15, 0.2) is 12.1 Å². The van der Waals surface area contributed by atoms with E-state index in [2.05, 4.69) is 0 Å². The van der Waals surface area contributed by atoms with Crippen molar-refractivity contribution in [1.29, 1.82) is 0 Å². The van der Waals surface area contributed by atoms with E-state index in [-0.39, 0.29) is 31.5 Å². The van der Waals surface area contributed by atoms with E-state index in [1.54, 1.807) is 32.9 Å². The van der Waals surface area contributed by atoms with Gasteiger partial charge in [0.2, 0.25) is 0 Å². The van der Waals surface area contributed by atoms with Crippen LogP contribution in [0, 0.1) is 0 Å². The Morgan fingerprint density at radius 3 is 2.69 bits per heavy atom. The zero-order valence-corrected chi connectivity index (χ0v) is 15.1. The maximum atomic E-state index is 13.0. The predicted octanol–water partition coefficient (Wildman–Crippen LogP) is 2.20. The Morgan fingerprint density at radius 1 is 1.23 bits per heavy atom. The van der Waals surface area contributed by atoms with Gasteiger partial charge in [-0.05, 0) is 33.3 Å². The summed E-state index contributed by atoms with van der Waals surface area (Å²) < 4.78 is 16.3. The van der Waals surface area contributed by atoms with Gasteiger partial charge in [0, 0.05) is 17.7 Å². The maximum absolute atomic E-state index is 13.0. The summed E-state index contributed by atoms with van der Waals surface area (Å²) in [4.78, 5) is 38.4. The lowest BCUT2D eigenvalue weighted by Crippen LogP contribution is -2.54. The number of benzene rings is 1. The van der Waals surface area contributed by atoms with E-state index in [1.165, 1.54) is 4.90 Å². The Kier molecular flexibility index (Phi) is 3.54. The number of Topliss-reactive ketones (excluding diaryl/α,β-unsaturated/α-hetero) is 1. The lowest BCUT2D eigenvalue weighted by molar-refractivity contribution is -0.129. The maximum Gasteiger partial charge on any atom is 0.410 e. The number of piperidine rings is 1. The van der Waals surface area contributed by atoms with E-state index in [1.807, 2.05) is 0 Å². The van der Waals surface area contributed by atoms with Gasteiger partial charge in [0.25, 0.3) is 0 Å². The first-order valence-corrected chi connectivity index (χ1v) is 8.69. The average molecular weight is 359 g/mol. The van der Waals surface area contributed by atoms with Crippen LogP contribution in [0.3, 0.4) is 0 Å². The highest BCUT2D eigenvalue weighted by Crippen LogP contribution is 2.47. The molecule has 7 heteroatoms. The van der Waals surface area contributed by atoms with E-state index in [9.17, 15) is 14.4 Å². The highest BCUT2D eigenvalue weighted by Gasteiger charge is 2.52. The molecule has 1 amide bonds. The van der Waals surface area contributed by atoms with Gasteiger partial charge >= 0.3 is 12.1 Å². The largest absolute Gasteiger partial charge is 0.491 e. The van der Waals surface area contributed by atoms with Gasteiger partial charge in [-0.15, -0.1) is 0 Å². The number of cyclic esters (lactones) is 1. The number of carbonyl (C=O) groups is 3. The third kappa shape index (κ3) is 2.45. The van der Waals surface area contributed by atoms with Crippen LogP contribution in [0.2, 0.25) is 0 Å². The second kappa shape index (κ2) is 5.46. The van der Waals surface area contributed by atoms with Crippen molar-refractivity contribution in [2.24, 2.45) is 0 Å². The van der Waals surface area contributed by atoms with Crippen LogP contribution in [0.5, 0.6) is 5.75 Å². The molecule has 0 aromatic heterocycles.